The van der Waals surface area contributed by atoms with E-state index in [9.17, 15) is 14.4 Å². The lowest BCUT2D eigenvalue weighted by Crippen LogP contribution is -2.41. The number of anilines is 1. The first kappa shape index (κ1) is 18.1. The van der Waals surface area contributed by atoms with Gasteiger partial charge in [-0.25, -0.2) is 4.98 Å². The first-order valence-corrected chi connectivity index (χ1v) is 8.25. The zero-order valence-electron chi connectivity index (χ0n) is 14.8. The van der Waals surface area contributed by atoms with Gasteiger partial charge in [-0.2, -0.15) is 0 Å². The molecule has 0 aliphatic carbocycles. The van der Waals surface area contributed by atoms with Crippen molar-refractivity contribution in [2.75, 3.05) is 5.32 Å². The number of aromatic nitrogens is 2. The molecule has 0 saturated heterocycles. The van der Waals surface area contributed by atoms with Gasteiger partial charge in [0.05, 0.1) is 11.8 Å². The molecule has 8 heteroatoms. The highest BCUT2D eigenvalue weighted by Crippen LogP contribution is 2.19. The summed E-state index contributed by atoms with van der Waals surface area (Å²) in [5, 5.41) is 5.33. The number of H-pyrrole nitrogens is 1. The fourth-order valence-electron chi connectivity index (χ4n) is 2.45. The molecule has 0 radical (unpaired) electrons. The molecule has 8 nitrogen and oxygen atoms in total. The third-order valence-corrected chi connectivity index (χ3v) is 3.80. The normalized spacial score (nSPS) is 11.6. The van der Waals surface area contributed by atoms with Gasteiger partial charge < -0.3 is 20.0 Å². The van der Waals surface area contributed by atoms with Crippen molar-refractivity contribution in [2.45, 2.75) is 19.9 Å². The van der Waals surface area contributed by atoms with Gasteiger partial charge in [-0.3, -0.25) is 14.4 Å². The second-order valence-corrected chi connectivity index (χ2v) is 6.01. The first-order valence-electron chi connectivity index (χ1n) is 8.25. The molecule has 27 heavy (non-hydrogen) atoms. The van der Waals surface area contributed by atoms with E-state index in [0.29, 0.717) is 28.3 Å². The van der Waals surface area contributed by atoms with Crippen molar-refractivity contribution in [1.29, 1.82) is 0 Å². The van der Waals surface area contributed by atoms with Gasteiger partial charge in [0.2, 0.25) is 5.91 Å². The standard InChI is InChI=1S/C19H18N4O4/c1-11-8-16(24)23-17(20-11)13-4-3-5-15(9-13)22-18(25)12(2)21-19(26)14-6-7-27-10-14/h3-10,12H,1-2H3,(H,21,26)(H,22,25)(H,20,23,24)/t12-/m0/s1. The molecule has 0 aliphatic heterocycles. The van der Waals surface area contributed by atoms with E-state index in [4.69, 9.17) is 4.42 Å². The highest BCUT2D eigenvalue weighted by molar-refractivity contribution is 6.00. The molecule has 138 valence electrons. The third-order valence-electron chi connectivity index (χ3n) is 3.80. The van der Waals surface area contributed by atoms with Crippen LogP contribution in [-0.4, -0.2) is 27.8 Å². The van der Waals surface area contributed by atoms with Crippen molar-refractivity contribution < 1.29 is 14.0 Å². The number of carbonyl (C=O) groups is 2. The molecule has 0 aliphatic rings. The lowest BCUT2D eigenvalue weighted by molar-refractivity contribution is -0.117. The van der Waals surface area contributed by atoms with E-state index in [1.165, 1.54) is 24.7 Å². The number of aryl methyl sites for hydroxylation is 1. The summed E-state index contributed by atoms with van der Waals surface area (Å²) in [7, 11) is 0. The lowest BCUT2D eigenvalue weighted by Gasteiger charge is -2.14. The molecule has 2 amide bonds. The average molecular weight is 366 g/mol. The number of rotatable bonds is 5. The van der Waals surface area contributed by atoms with E-state index in [1.54, 1.807) is 38.1 Å². The number of hydrogen-bond acceptors (Lipinski definition) is 5. The zero-order chi connectivity index (χ0) is 19.4. The Balaban J connectivity index is 1.71. The van der Waals surface area contributed by atoms with E-state index in [-0.39, 0.29) is 11.5 Å². The molecule has 0 saturated carbocycles. The fraction of sp³-hybridized carbons (Fsp3) is 0.158. The number of furan rings is 1. The molecule has 1 aromatic carbocycles. The number of nitrogens with one attached hydrogen (secondary N) is 3. The number of amides is 2. The van der Waals surface area contributed by atoms with Gasteiger partial charge in [-0.1, -0.05) is 12.1 Å². The molecule has 0 bridgehead atoms. The van der Waals surface area contributed by atoms with Crippen LogP contribution in [0, 0.1) is 6.92 Å². The van der Waals surface area contributed by atoms with Crippen molar-refractivity contribution in [1.82, 2.24) is 15.3 Å². The van der Waals surface area contributed by atoms with Crippen molar-refractivity contribution in [2.24, 2.45) is 0 Å². The summed E-state index contributed by atoms with van der Waals surface area (Å²) < 4.78 is 4.85. The van der Waals surface area contributed by atoms with E-state index >= 15 is 0 Å². The maximum atomic E-state index is 12.4. The van der Waals surface area contributed by atoms with Crippen LogP contribution in [0.2, 0.25) is 0 Å². The Morgan fingerprint density at radius 2 is 2.04 bits per heavy atom. The summed E-state index contributed by atoms with van der Waals surface area (Å²) in [6.07, 6.45) is 2.69. The topological polar surface area (TPSA) is 117 Å². The van der Waals surface area contributed by atoms with Crippen LogP contribution in [0.4, 0.5) is 5.69 Å². The van der Waals surface area contributed by atoms with Crippen molar-refractivity contribution in [3.05, 3.63) is 70.5 Å². The van der Waals surface area contributed by atoms with E-state index in [2.05, 4.69) is 20.6 Å². The third kappa shape index (κ3) is 4.49. The average Bonchev–Trinajstić information content (AvgIpc) is 3.16. The molecule has 3 aromatic rings. The van der Waals surface area contributed by atoms with Gasteiger partial charge >= 0.3 is 0 Å². The summed E-state index contributed by atoms with van der Waals surface area (Å²) >= 11 is 0. The summed E-state index contributed by atoms with van der Waals surface area (Å²) in [5.74, 6) is -0.367. The summed E-state index contributed by atoms with van der Waals surface area (Å²) in [4.78, 5) is 42.9. The minimum absolute atomic E-state index is 0.248. The van der Waals surface area contributed by atoms with Crippen LogP contribution in [0.25, 0.3) is 11.4 Å². The van der Waals surface area contributed by atoms with Crippen LogP contribution in [0.3, 0.4) is 0 Å². The molecule has 0 fully saturated rings. The fourth-order valence-corrected chi connectivity index (χ4v) is 2.45. The predicted molar refractivity (Wildman–Crippen MR) is 99.3 cm³/mol. The van der Waals surface area contributed by atoms with Crippen LogP contribution in [0.5, 0.6) is 0 Å². The van der Waals surface area contributed by atoms with Crippen molar-refractivity contribution in [3.63, 3.8) is 0 Å². The minimum atomic E-state index is -0.757. The molecule has 3 N–H and O–H groups in total. The molecule has 2 heterocycles. The Hall–Kier alpha value is -3.68. The highest BCUT2D eigenvalue weighted by Gasteiger charge is 2.17. The Morgan fingerprint density at radius 3 is 2.74 bits per heavy atom. The Morgan fingerprint density at radius 1 is 1.22 bits per heavy atom. The molecular weight excluding hydrogens is 348 g/mol. The van der Waals surface area contributed by atoms with Crippen molar-refractivity contribution in [3.8, 4) is 11.4 Å². The lowest BCUT2D eigenvalue weighted by atomic mass is 10.1. The van der Waals surface area contributed by atoms with Gasteiger partial charge in [0.1, 0.15) is 18.1 Å². The van der Waals surface area contributed by atoms with Crippen molar-refractivity contribution >= 4 is 17.5 Å². The van der Waals surface area contributed by atoms with E-state index < -0.39 is 11.9 Å². The summed E-state index contributed by atoms with van der Waals surface area (Å²) in [6, 6.07) is 9.08. The summed E-state index contributed by atoms with van der Waals surface area (Å²) in [5.41, 5.74) is 1.86. The minimum Gasteiger partial charge on any atom is -0.472 e. The van der Waals surface area contributed by atoms with Crippen LogP contribution < -0.4 is 16.2 Å². The molecule has 3 rings (SSSR count). The SMILES string of the molecule is Cc1cc(=O)[nH]c(-c2cccc(NC(=O)[C@H](C)NC(=O)c3ccoc3)c2)n1. The molecular formula is C19H18N4O4. The zero-order valence-corrected chi connectivity index (χ0v) is 14.8. The second-order valence-electron chi connectivity index (χ2n) is 6.01. The number of aromatic amines is 1. The first-order chi connectivity index (χ1) is 12.9. The van der Waals surface area contributed by atoms with Crippen LogP contribution in [-0.2, 0) is 4.79 Å². The maximum Gasteiger partial charge on any atom is 0.255 e. The Bertz CT molecular complexity index is 1020. The van der Waals surface area contributed by atoms with Gasteiger partial charge in [0.15, 0.2) is 0 Å². The van der Waals surface area contributed by atoms with Gasteiger partial charge in [0.25, 0.3) is 11.5 Å². The van der Waals surface area contributed by atoms with Gasteiger partial charge in [0, 0.05) is 23.0 Å². The predicted octanol–water partition coefficient (Wildman–Crippen LogP) is 2.10. The molecule has 2 aromatic heterocycles. The molecule has 1 atom stereocenters. The van der Waals surface area contributed by atoms with Crippen LogP contribution in [0.1, 0.15) is 23.0 Å². The maximum absolute atomic E-state index is 12.4. The number of nitrogens with zero attached hydrogens (tertiary/aromatic N) is 1. The van der Waals surface area contributed by atoms with E-state index in [0.717, 1.165) is 0 Å². The van der Waals surface area contributed by atoms with Crippen LogP contribution >= 0.6 is 0 Å². The largest absolute Gasteiger partial charge is 0.472 e. The quantitative estimate of drug-likeness (QED) is 0.639. The number of benzene rings is 1. The van der Waals surface area contributed by atoms with Gasteiger partial charge in [-0.15, -0.1) is 0 Å². The monoisotopic (exact) mass is 366 g/mol. The van der Waals surface area contributed by atoms with E-state index in [1.807, 2.05) is 0 Å². The number of hydrogen-bond donors (Lipinski definition) is 3. The summed E-state index contributed by atoms with van der Waals surface area (Å²) in [6.45, 7) is 3.31. The Kier molecular flexibility index (Phi) is 5.16. The highest BCUT2D eigenvalue weighted by atomic mass is 16.3. The Labute approximate surface area is 154 Å². The smallest absolute Gasteiger partial charge is 0.255 e. The van der Waals surface area contributed by atoms with Gasteiger partial charge in [-0.05, 0) is 32.0 Å². The number of carbonyl (C=O) groups excluding carboxylic acids is 2. The second kappa shape index (κ2) is 7.69. The molecule has 0 unspecified atom stereocenters. The van der Waals surface area contributed by atoms with Crippen LogP contribution in [0.15, 0.2) is 58.1 Å². The molecule has 0 spiro atoms.